The third-order valence-corrected chi connectivity index (χ3v) is 2.56. The third-order valence-electron chi connectivity index (χ3n) is 2.56. The smallest absolute Gasteiger partial charge is 0.317 e. The van der Waals surface area contributed by atoms with Gasteiger partial charge in [-0.3, -0.25) is 9.78 Å². The Balaban J connectivity index is 2.30. The standard InChI is InChI=1S/C9H13N3O2/c13-8-5-7(11-9(14)12-8)6-1-3-10-4-2-6/h5-6,10H,1-4H2,(H2,11,12,13,14). The largest absolute Gasteiger partial charge is 0.325 e. The lowest BCUT2D eigenvalue weighted by molar-refractivity contribution is 0.451. The van der Waals surface area contributed by atoms with E-state index in [2.05, 4.69) is 15.3 Å². The molecule has 1 aliphatic rings. The number of aromatic amines is 2. The number of aromatic nitrogens is 2. The van der Waals surface area contributed by atoms with Crippen molar-refractivity contribution in [2.24, 2.45) is 0 Å². The fraction of sp³-hybridized carbons (Fsp3) is 0.556. The van der Waals surface area contributed by atoms with Crippen molar-refractivity contribution in [3.8, 4) is 0 Å². The normalized spacial score (nSPS) is 18.3. The molecule has 1 aromatic rings. The summed E-state index contributed by atoms with van der Waals surface area (Å²) in [5.74, 6) is 0.311. The Morgan fingerprint density at radius 1 is 1.14 bits per heavy atom. The van der Waals surface area contributed by atoms with E-state index >= 15 is 0 Å². The van der Waals surface area contributed by atoms with Crippen LogP contribution in [-0.4, -0.2) is 23.1 Å². The second-order valence-corrected chi connectivity index (χ2v) is 3.57. The van der Waals surface area contributed by atoms with Gasteiger partial charge in [-0.05, 0) is 25.9 Å². The summed E-state index contributed by atoms with van der Waals surface area (Å²) < 4.78 is 0. The molecule has 3 N–H and O–H groups in total. The Bertz CT molecular complexity index is 386. The summed E-state index contributed by atoms with van der Waals surface area (Å²) in [6.45, 7) is 1.89. The lowest BCUT2D eigenvalue weighted by atomic mass is 9.94. The highest BCUT2D eigenvalue weighted by molar-refractivity contribution is 5.07. The highest BCUT2D eigenvalue weighted by Crippen LogP contribution is 2.21. The minimum atomic E-state index is -0.411. The van der Waals surface area contributed by atoms with Crippen LogP contribution >= 0.6 is 0 Å². The van der Waals surface area contributed by atoms with E-state index in [0.29, 0.717) is 5.92 Å². The van der Waals surface area contributed by atoms with Gasteiger partial charge in [-0.15, -0.1) is 0 Å². The predicted octanol–water partition coefficient (Wildman–Crippen LogP) is -0.470. The van der Waals surface area contributed by atoms with Crippen molar-refractivity contribution in [3.05, 3.63) is 32.6 Å². The fourth-order valence-corrected chi connectivity index (χ4v) is 1.84. The van der Waals surface area contributed by atoms with Crippen LogP contribution in [0.5, 0.6) is 0 Å². The van der Waals surface area contributed by atoms with Crippen LogP contribution in [0.15, 0.2) is 15.7 Å². The Labute approximate surface area is 80.6 Å². The molecular formula is C9H13N3O2. The SMILES string of the molecule is O=c1cc(C2CCNCC2)[nH]c(=O)[nH]1. The van der Waals surface area contributed by atoms with Gasteiger partial charge in [0, 0.05) is 17.7 Å². The van der Waals surface area contributed by atoms with Crippen molar-refractivity contribution >= 4 is 0 Å². The van der Waals surface area contributed by atoms with Crippen LogP contribution in [0.2, 0.25) is 0 Å². The van der Waals surface area contributed by atoms with E-state index in [1.165, 1.54) is 6.07 Å². The molecule has 5 nitrogen and oxygen atoms in total. The first-order valence-electron chi connectivity index (χ1n) is 4.80. The molecule has 1 fully saturated rings. The Hall–Kier alpha value is -1.36. The lowest BCUT2D eigenvalue weighted by Gasteiger charge is -2.21. The summed E-state index contributed by atoms with van der Waals surface area (Å²) in [4.78, 5) is 26.9. The molecule has 0 atom stereocenters. The van der Waals surface area contributed by atoms with Crippen molar-refractivity contribution in [1.82, 2.24) is 15.3 Å². The zero-order valence-electron chi connectivity index (χ0n) is 7.80. The molecule has 0 unspecified atom stereocenters. The van der Waals surface area contributed by atoms with Crippen LogP contribution in [0.1, 0.15) is 24.5 Å². The zero-order valence-corrected chi connectivity index (χ0v) is 7.80. The van der Waals surface area contributed by atoms with Crippen molar-refractivity contribution < 1.29 is 0 Å². The lowest BCUT2D eigenvalue weighted by Crippen LogP contribution is -2.30. The number of hydrogen-bond donors (Lipinski definition) is 3. The first kappa shape index (κ1) is 9.21. The minimum Gasteiger partial charge on any atom is -0.317 e. The average molecular weight is 195 g/mol. The third kappa shape index (κ3) is 1.93. The highest BCUT2D eigenvalue weighted by Gasteiger charge is 2.16. The maximum absolute atomic E-state index is 11.1. The van der Waals surface area contributed by atoms with Crippen LogP contribution in [0.25, 0.3) is 0 Å². The van der Waals surface area contributed by atoms with Crippen molar-refractivity contribution in [3.63, 3.8) is 0 Å². The maximum Gasteiger partial charge on any atom is 0.325 e. The Kier molecular flexibility index (Phi) is 2.49. The summed E-state index contributed by atoms with van der Waals surface area (Å²) in [5, 5.41) is 3.24. The molecule has 1 saturated heterocycles. The monoisotopic (exact) mass is 195 g/mol. The second-order valence-electron chi connectivity index (χ2n) is 3.57. The first-order valence-corrected chi connectivity index (χ1v) is 4.80. The van der Waals surface area contributed by atoms with E-state index in [1.54, 1.807) is 0 Å². The molecule has 14 heavy (non-hydrogen) atoms. The van der Waals surface area contributed by atoms with Crippen LogP contribution in [0.4, 0.5) is 0 Å². The zero-order chi connectivity index (χ0) is 9.97. The molecule has 0 radical (unpaired) electrons. The van der Waals surface area contributed by atoms with Gasteiger partial charge >= 0.3 is 5.69 Å². The van der Waals surface area contributed by atoms with E-state index in [0.717, 1.165) is 31.6 Å². The summed E-state index contributed by atoms with van der Waals surface area (Å²) in [5.41, 5.74) is 0.0357. The molecule has 1 aliphatic heterocycles. The Morgan fingerprint density at radius 2 is 1.86 bits per heavy atom. The summed E-state index contributed by atoms with van der Waals surface area (Å²) in [6.07, 6.45) is 1.94. The molecule has 2 rings (SSSR count). The molecule has 2 heterocycles. The quantitative estimate of drug-likeness (QED) is 0.567. The number of piperidine rings is 1. The van der Waals surface area contributed by atoms with Gasteiger partial charge < -0.3 is 10.3 Å². The van der Waals surface area contributed by atoms with Gasteiger partial charge in [-0.1, -0.05) is 0 Å². The van der Waals surface area contributed by atoms with Crippen LogP contribution in [0.3, 0.4) is 0 Å². The van der Waals surface area contributed by atoms with Gasteiger partial charge in [-0.2, -0.15) is 0 Å². The van der Waals surface area contributed by atoms with Crippen molar-refractivity contribution in [1.29, 1.82) is 0 Å². The number of rotatable bonds is 1. The summed E-state index contributed by atoms with van der Waals surface area (Å²) in [6, 6.07) is 1.48. The molecule has 0 aliphatic carbocycles. The van der Waals surface area contributed by atoms with Gasteiger partial charge in [0.05, 0.1) is 0 Å². The molecule has 0 amide bonds. The molecule has 5 heteroatoms. The molecule has 0 saturated carbocycles. The molecule has 0 bridgehead atoms. The number of nitrogens with one attached hydrogen (secondary N) is 3. The Morgan fingerprint density at radius 3 is 2.50 bits per heavy atom. The van der Waals surface area contributed by atoms with E-state index in [9.17, 15) is 9.59 Å². The van der Waals surface area contributed by atoms with Crippen LogP contribution in [0, 0.1) is 0 Å². The van der Waals surface area contributed by atoms with E-state index in [-0.39, 0.29) is 5.56 Å². The topological polar surface area (TPSA) is 77.8 Å². The van der Waals surface area contributed by atoms with E-state index in [1.807, 2.05) is 0 Å². The molecule has 1 aromatic heterocycles. The predicted molar refractivity (Wildman–Crippen MR) is 52.5 cm³/mol. The van der Waals surface area contributed by atoms with E-state index in [4.69, 9.17) is 0 Å². The highest BCUT2D eigenvalue weighted by atomic mass is 16.2. The van der Waals surface area contributed by atoms with Crippen LogP contribution < -0.4 is 16.6 Å². The molecule has 0 spiro atoms. The maximum atomic E-state index is 11.1. The molecular weight excluding hydrogens is 182 g/mol. The minimum absolute atomic E-state index is 0.311. The van der Waals surface area contributed by atoms with Gasteiger partial charge in [0.2, 0.25) is 0 Å². The molecule has 76 valence electrons. The van der Waals surface area contributed by atoms with E-state index < -0.39 is 5.69 Å². The van der Waals surface area contributed by atoms with Crippen LogP contribution in [-0.2, 0) is 0 Å². The second kappa shape index (κ2) is 3.79. The summed E-state index contributed by atoms with van der Waals surface area (Å²) in [7, 11) is 0. The van der Waals surface area contributed by atoms with Crippen molar-refractivity contribution in [2.45, 2.75) is 18.8 Å². The van der Waals surface area contributed by atoms with Crippen molar-refractivity contribution in [2.75, 3.05) is 13.1 Å². The summed E-state index contributed by atoms with van der Waals surface area (Å²) >= 11 is 0. The van der Waals surface area contributed by atoms with Gasteiger partial charge in [0.1, 0.15) is 0 Å². The average Bonchev–Trinajstić information content (AvgIpc) is 2.18. The van der Waals surface area contributed by atoms with Gasteiger partial charge in [-0.25, -0.2) is 4.79 Å². The molecule has 0 aromatic carbocycles. The number of H-pyrrole nitrogens is 2. The fourth-order valence-electron chi connectivity index (χ4n) is 1.84. The first-order chi connectivity index (χ1) is 6.75. The number of hydrogen-bond acceptors (Lipinski definition) is 3. The van der Waals surface area contributed by atoms with Gasteiger partial charge in [0.15, 0.2) is 0 Å². The van der Waals surface area contributed by atoms with Gasteiger partial charge in [0.25, 0.3) is 5.56 Å².